The third-order valence-corrected chi connectivity index (χ3v) is 2.74. The fourth-order valence-corrected chi connectivity index (χ4v) is 1.39. The van der Waals surface area contributed by atoms with Gasteiger partial charge in [-0.1, -0.05) is 6.92 Å². The van der Waals surface area contributed by atoms with Gasteiger partial charge in [-0.2, -0.15) is 5.10 Å². The molecule has 1 aromatic rings. The van der Waals surface area contributed by atoms with E-state index in [-0.39, 0.29) is 12.1 Å². The van der Waals surface area contributed by atoms with Crippen LogP contribution in [-0.4, -0.2) is 29.0 Å². The average Bonchev–Trinajstić information content (AvgIpc) is 2.58. The highest BCUT2D eigenvalue weighted by Crippen LogP contribution is 2.12. The number of methoxy groups -OCH3 is 1. The lowest BCUT2D eigenvalue weighted by molar-refractivity contribution is 0.106. The smallest absolute Gasteiger partial charge is 0.124 e. The van der Waals surface area contributed by atoms with E-state index in [9.17, 15) is 0 Å². The van der Waals surface area contributed by atoms with Crippen molar-refractivity contribution in [2.24, 2.45) is 7.05 Å². The first-order chi connectivity index (χ1) is 7.08. The predicted molar refractivity (Wildman–Crippen MR) is 62.1 cm³/mol. The van der Waals surface area contributed by atoms with Crippen LogP contribution in [0.5, 0.6) is 0 Å². The summed E-state index contributed by atoms with van der Waals surface area (Å²) in [5, 5.41) is 7.77. The van der Waals surface area contributed by atoms with Gasteiger partial charge in [-0.15, -0.1) is 0 Å². The number of aryl methyl sites for hydroxylation is 2. The number of hydrogen-bond acceptors (Lipinski definition) is 3. The lowest BCUT2D eigenvalue weighted by Crippen LogP contribution is -2.30. The molecule has 0 saturated heterocycles. The van der Waals surface area contributed by atoms with E-state index in [0.717, 1.165) is 17.9 Å². The molecule has 1 heterocycles. The predicted octanol–water partition coefficient (Wildman–Crippen LogP) is 1.82. The average molecular weight is 211 g/mol. The number of rotatable bonds is 5. The van der Waals surface area contributed by atoms with Crippen molar-refractivity contribution in [3.05, 3.63) is 11.8 Å². The first kappa shape index (κ1) is 12.0. The topological polar surface area (TPSA) is 39.1 Å². The Morgan fingerprint density at radius 2 is 2.20 bits per heavy atom. The van der Waals surface area contributed by atoms with Gasteiger partial charge in [-0.3, -0.25) is 4.68 Å². The van der Waals surface area contributed by atoms with Crippen LogP contribution in [-0.2, 0) is 18.2 Å². The molecule has 0 amide bonds. The number of hydrogen-bond donors (Lipinski definition) is 1. The standard InChI is InChI=1S/C11H21N3O/c1-6-10-7-11(14(4)13-10)12-8(2)9(3)15-5/h7-9,12H,6H2,1-5H3. The van der Waals surface area contributed by atoms with Gasteiger partial charge in [0.05, 0.1) is 17.8 Å². The zero-order valence-corrected chi connectivity index (χ0v) is 10.2. The summed E-state index contributed by atoms with van der Waals surface area (Å²) in [7, 11) is 3.68. The largest absolute Gasteiger partial charge is 0.380 e. The van der Waals surface area contributed by atoms with Gasteiger partial charge in [0.15, 0.2) is 0 Å². The van der Waals surface area contributed by atoms with E-state index >= 15 is 0 Å². The molecule has 0 radical (unpaired) electrons. The molecule has 0 aliphatic heterocycles. The van der Waals surface area contributed by atoms with Crippen molar-refractivity contribution in [1.82, 2.24) is 9.78 Å². The van der Waals surface area contributed by atoms with Crippen molar-refractivity contribution >= 4 is 5.82 Å². The molecule has 4 nitrogen and oxygen atoms in total. The van der Waals surface area contributed by atoms with Crippen LogP contribution in [0.25, 0.3) is 0 Å². The molecule has 4 heteroatoms. The van der Waals surface area contributed by atoms with Gasteiger partial charge in [-0.05, 0) is 20.3 Å². The molecule has 0 aliphatic rings. The molecule has 1 rings (SSSR count). The fourth-order valence-electron chi connectivity index (χ4n) is 1.39. The van der Waals surface area contributed by atoms with Gasteiger partial charge >= 0.3 is 0 Å². The molecule has 0 spiro atoms. The maximum absolute atomic E-state index is 5.26. The summed E-state index contributed by atoms with van der Waals surface area (Å²) >= 11 is 0. The lowest BCUT2D eigenvalue weighted by atomic mass is 10.2. The third-order valence-electron chi connectivity index (χ3n) is 2.74. The summed E-state index contributed by atoms with van der Waals surface area (Å²) in [6.45, 7) is 6.26. The quantitative estimate of drug-likeness (QED) is 0.807. The molecule has 1 aromatic heterocycles. The monoisotopic (exact) mass is 211 g/mol. The van der Waals surface area contributed by atoms with Crippen molar-refractivity contribution in [2.45, 2.75) is 39.3 Å². The van der Waals surface area contributed by atoms with E-state index in [2.05, 4.69) is 37.3 Å². The zero-order chi connectivity index (χ0) is 11.4. The summed E-state index contributed by atoms with van der Waals surface area (Å²) in [5.74, 6) is 1.04. The molecule has 0 aromatic carbocycles. The molecular weight excluding hydrogens is 190 g/mol. The van der Waals surface area contributed by atoms with Gasteiger partial charge in [0, 0.05) is 20.2 Å². The maximum atomic E-state index is 5.26. The van der Waals surface area contributed by atoms with Crippen LogP contribution < -0.4 is 5.32 Å². The summed E-state index contributed by atoms with van der Waals surface area (Å²) < 4.78 is 7.14. The summed E-state index contributed by atoms with van der Waals surface area (Å²) in [6, 6.07) is 2.36. The summed E-state index contributed by atoms with van der Waals surface area (Å²) in [4.78, 5) is 0. The van der Waals surface area contributed by atoms with E-state index in [1.165, 1.54) is 0 Å². The third kappa shape index (κ3) is 2.96. The molecule has 0 fully saturated rings. The van der Waals surface area contributed by atoms with Crippen LogP contribution in [0.1, 0.15) is 26.5 Å². The van der Waals surface area contributed by atoms with Gasteiger partial charge in [0.1, 0.15) is 5.82 Å². The first-order valence-corrected chi connectivity index (χ1v) is 5.40. The highest BCUT2D eigenvalue weighted by Gasteiger charge is 2.13. The van der Waals surface area contributed by atoms with E-state index < -0.39 is 0 Å². The second kappa shape index (κ2) is 5.16. The molecule has 0 saturated carbocycles. The number of nitrogens with one attached hydrogen (secondary N) is 1. The van der Waals surface area contributed by atoms with E-state index in [1.807, 2.05) is 11.7 Å². The van der Waals surface area contributed by atoms with E-state index in [4.69, 9.17) is 4.74 Å². The number of aromatic nitrogens is 2. The van der Waals surface area contributed by atoms with E-state index in [0.29, 0.717) is 0 Å². The number of ether oxygens (including phenoxy) is 1. The van der Waals surface area contributed by atoms with Crippen molar-refractivity contribution < 1.29 is 4.74 Å². The molecule has 0 bridgehead atoms. The molecule has 86 valence electrons. The molecule has 2 unspecified atom stereocenters. The fraction of sp³-hybridized carbons (Fsp3) is 0.727. The van der Waals surface area contributed by atoms with Gasteiger partial charge in [0.2, 0.25) is 0 Å². The minimum absolute atomic E-state index is 0.185. The van der Waals surface area contributed by atoms with Crippen LogP contribution >= 0.6 is 0 Å². The van der Waals surface area contributed by atoms with Crippen molar-refractivity contribution in [2.75, 3.05) is 12.4 Å². The van der Waals surface area contributed by atoms with Crippen LogP contribution in [0, 0.1) is 0 Å². The van der Waals surface area contributed by atoms with Crippen LogP contribution in [0.3, 0.4) is 0 Å². The Morgan fingerprint density at radius 1 is 1.53 bits per heavy atom. The summed E-state index contributed by atoms with van der Waals surface area (Å²) in [6.07, 6.45) is 1.15. The highest BCUT2D eigenvalue weighted by atomic mass is 16.5. The Labute approximate surface area is 91.6 Å². The maximum Gasteiger partial charge on any atom is 0.124 e. The Kier molecular flexibility index (Phi) is 4.15. The van der Waals surface area contributed by atoms with Crippen molar-refractivity contribution in [3.63, 3.8) is 0 Å². The lowest BCUT2D eigenvalue weighted by Gasteiger charge is -2.20. The van der Waals surface area contributed by atoms with Crippen LogP contribution in [0.4, 0.5) is 5.82 Å². The Balaban J connectivity index is 2.67. The first-order valence-electron chi connectivity index (χ1n) is 5.40. The Hall–Kier alpha value is -1.03. The minimum Gasteiger partial charge on any atom is -0.380 e. The zero-order valence-electron chi connectivity index (χ0n) is 10.2. The van der Waals surface area contributed by atoms with Crippen molar-refractivity contribution in [3.8, 4) is 0 Å². The second-order valence-electron chi connectivity index (χ2n) is 3.87. The van der Waals surface area contributed by atoms with Crippen molar-refractivity contribution in [1.29, 1.82) is 0 Å². The van der Waals surface area contributed by atoms with Crippen LogP contribution in [0.2, 0.25) is 0 Å². The minimum atomic E-state index is 0.185. The summed E-state index contributed by atoms with van der Waals surface area (Å²) in [5.41, 5.74) is 1.11. The molecule has 15 heavy (non-hydrogen) atoms. The molecular formula is C11H21N3O. The van der Waals surface area contributed by atoms with Gasteiger partial charge < -0.3 is 10.1 Å². The Bertz CT molecular complexity index is 309. The number of nitrogens with zero attached hydrogens (tertiary/aromatic N) is 2. The van der Waals surface area contributed by atoms with Gasteiger partial charge in [-0.25, -0.2) is 0 Å². The second-order valence-corrected chi connectivity index (χ2v) is 3.87. The molecule has 2 atom stereocenters. The Morgan fingerprint density at radius 3 is 2.67 bits per heavy atom. The highest BCUT2D eigenvalue weighted by molar-refractivity contribution is 5.38. The van der Waals surface area contributed by atoms with Crippen LogP contribution in [0.15, 0.2) is 6.07 Å². The number of anilines is 1. The van der Waals surface area contributed by atoms with Gasteiger partial charge in [0.25, 0.3) is 0 Å². The van der Waals surface area contributed by atoms with E-state index in [1.54, 1.807) is 7.11 Å². The SMILES string of the molecule is CCc1cc(NC(C)C(C)OC)n(C)n1. The molecule has 0 aliphatic carbocycles. The molecule has 1 N–H and O–H groups in total. The normalized spacial score (nSPS) is 15.0.